The molecule has 5 nitrogen and oxygen atoms in total. The molecule has 3 atom stereocenters. The molecule has 4 rings (SSSR count). The monoisotopic (exact) mass is 467 g/mol. The quantitative estimate of drug-likeness (QED) is 0.500. The smallest absolute Gasteiger partial charge is 0.253 e. The van der Waals surface area contributed by atoms with Gasteiger partial charge in [-0.3, -0.25) is 4.79 Å². The normalized spacial score (nSPS) is 18.8. The summed E-state index contributed by atoms with van der Waals surface area (Å²) < 4.78 is 13.1. The molecule has 1 saturated heterocycles. The van der Waals surface area contributed by atoms with E-state index in [1.165, 1.54) is 12.1 Å². The summed E-state index contributed by atoms with van der Waals surface area (Å²) in [4.78, 5) is 18.5. The minimum absolute atomic E-state index is 0.0574. The topological polar surface area (TPSA) is 65.5 Å². The number of rotatable bonds is 7. The van der Waals surface area contributed by atoms with E-state index in [4.69, 9.17) is 11.6 Å². The van der Waals surface area contributed by atoms with E-state index < -0.39 is 6.10 Å². The molecule has 7 heteroatoms. The highest BCUT2D eigenvalue weighted by molar-refractivity contribution is 6.29. The fraction of sp³-hybridized carbons (Fsp3) is 0.308. The van der Waals surface area contributed by atoms with Crippen LogP contribution in [0.2, 0.25) is 5.15 Å². The number of hydrogen-bond acceptors (Lipinski definition) is 4. The third-order valence-corrected chi connectivity index (χ3v) is 6.33. The number of carbonyl (C=O) groups excluding carboxylic acids is 1. The van der Waals surface area contributed by atoms with Crippen LogP contribution in [0.4, 0.5) is 4.39 Å². The summed E-state index contributed by atoms with van der Waals surface area (Å²) in [5, 5.41) is 14.6. The molecule has 1 aromatic heterocycles. The van der Waals surface area contributed by atoms with Gasteiger partial charge in [-0.05, 0) is 66.3 Å². The Balaban J connectivity index is 1.30. The van der Waals surface area contributed by atoms with E-state index in [1.54, 1.807) is 36.3 Å². The largest absolute Gasteiger partial charge is 0.387 e. The molecule has 2 N–H and O–H groups in total. The van der Waals surface area contributed by atoms with Gasteiger partial charge in [0.1, 0.15) is 11.0 Å². The van der Waals surface area contributed by atoms with E-state index in [0.29, 0.717) is 17.3 Å². The number of pyridine rings is 1. The molecule has 2 aromatic carbocycles. The lowest BCUT2D eigenvalue weighted by molar-refractivity contribution is 0.0785. The molecule has 0 radical (unpaired) electrons. The summed E-state index contributed by atoms with van der Waals surface area (Å²) in [6.45, 7) is 0.453. The van der Waals surface area contributed by atoms with Crippen molar-refractivity contribution in [2.24, 2.45) is 0 Å². The van der Waals surface area contributed by atoms with Crippen molar-refractivity contribution in [3.8, 4) is 0 Å². The first-order chi connectivity index (χ1) is 15.9. The molecule has 3 aromatic rings. The predicted molar refractivity (Wildman–Crippen MR) is 126 cm³/mol. The number of aliphatic hydroxyl groups excluding tert-OH is 1. The predicted octanol–water partition coefficient (Wildman–Crippen LogP) is 4.54. The van der Waals surface area contributed by atoms with Gasteiger partial charge in [-0.25, -0.2) is 9.37 Å². The van der Waals surface area contributed by atoms with Crippen LogP contribution in [0.5, 0.6) is 0 Å². The van der Waals surface area contributed by atoms with Gasteiger partial charge in [0.05, 0.1) is 6.10 Å². The summed E-state index contributed by atoms with van der Waals surface area (Å²) in [7, 11) is 1.76. The Morgan fingerprint density at radius 1 is 1.12 bits per heavy atom. The fourth-order valence-corrected chi connectivity index (χ4v) is 4.40. The average Bonchev–Trinajstić information content (AvgIpc) is 3.29. The van der Waals surface area contributed by atoms with Crippen molar-refractivity contribution >= 4 is 17.5 Å². The Bertz CT molecular complexity index is 1070. The van der Waals surface area contributed by atoms with Gasteiger partial charge >= 0.3 is 0 Å². The molecular weight excluding hydrogens is 441 g/mol. The maximum Gasteiger partial charge on any atom is 0.253 e. The van der Waals surface area contributed by atoms with Gasteiger partial charge in [0, 0.05) is 37.4 Å². The number of aliphatic hydroxyl groups is 1. The van der Waals surface area contributed by atoms with Crippen molar-refractivity contribution in [2.75, 3.05) is 7.05 Å². The zero-order valence-electron chi connectivity index (χ0n) is 18.4. The number of carbonyl (C=O) groups is 1. The van der Waals surface area contributed by atoms with E-state index in [2.05, 4.69) is 10.3 Å². The fourth-order valence-electron chi connectivity index (χ4n) is 4.29. The summed E-state index contributed by atoms with van der Waals surface area (Å²) in [5.41, 5.74) is 3.39. The molecule has 1 aliphatic heterocycles. The Morgan fingerprint density at radius 3 is 2.48 bits per heavy atom. The Hall–Kier alpha value is -2.80. The van der Waals surface area contributed by atoms with Crippen molar-refractivity contribution in [1.82, 2.24) is 15.2 Å². The lowest BCUT2D eigenvalue weighted by Crippen LogP contribution is -2.35. The summed E-state index contributed by atoms with van der Waals surface area (Å²) >= 11 is 5.82. The van der Waals surface area contributed by atoms with Crippen molar-refractivity contribution in [3.63, 3.8) is 0 Å². The van der Waals surface area contributed by atoms with E-state index in [9.17, 15) is 14.3 Å². The van der Waals surface area contributed by atoms with Gasteiger partial charge in [-0.1, -0.05) is 41.9 Å². The first kappa shape index (κ1) is 23.4. The highest BCUT2D eigenvalue weighted by Gasteiger charge is 2.30. The van der Waals surface area contributed by atoms with Crippen LogP contribution in [0.3, 0.4) is 0 Å². The molecule has 0 bridgehead atoms. The maximum absolute atomic E-state index is 13.1. The number of amides is 1. The SMILES string of the molecule is CN(Cc1ccc(Cl)nc1)C(=O)c1ccc(C[C@@H]2CC[C@H](C(O)c3ccc(F)cc3)N2)cc1. The first-order valence-electron chi connectivity index (χ1n) is 11.0. The van der Waals surface area contributed by atoms with Crippen LogP contribution in [0.25, 0.3) is 0 Å². The summed E-state index contributed by atoms with van der Waals surface area (Å²) in [5.74, 6) is -0.365. The molecular formula is C26H27ClFN3O2. The van der Waals surface area contributed by atoms with E-state index in [0.717, 1.165) is 36.0 Å². The van der Waals surface area contributed by atoms with E-state index in [-0.39, 0.29) is 23.8 Å². The standard InChI is InChI=1S/C26H27ClFN3O2/c1-31(16-18-4-13-24(27)29-15-18)26(33)20-5-2-17(3-6-20)14-22-11-12-23(30-22)25(32)19-7-9-21(28)10-8-19/h2-10,13,15,22-23,25,30,32H,11-12,14,16H2,1H3/t22-,23+,25?/m0/s1. The van der Waals surface area contributed by atoms with E-state index in [1.807, 2.05) is 30.3 Å². The number of nitrogens with one attached hydrogen (secondary N) is 1. The van der Waals surface area contributed by atoms with Crippen LogP contribution in [-0.2, 0) is 13.0 Å². The molecule has 172 valence electrons. The Kier molecular flexibility index (Phi) is 7.38. The Morgan fingerprint density at radius 2 is 1.82 bits per heavy atom. The minimum atomic E-state index is -0.665. The molecule has 1 aliphatic rings. The van der Waals surface area contributed by atoms with Gasteiger partial charge in [-0.2, -0.15) is 0 Å². The minimum Gasteiger partial charge on any atom is -0.387 e. The maximum atomic E-state index is 13.1. The van der Waals surface area contributed by atoms with Crippen molar-refractivity contribution < 1.29 is 14.3 Å². The highest BCUT2D eigenvalue weighted by Crippen LogP contribution is 2.27. The zero-order chi connectivity index (χ0) is 23.4. The second-order valence-electron chi connectivity index (χ2n) is 8.60. The molecule has 2 heterocycles. The zero-order valence-corrected chi connectivity index (χ0v) is 19.2. The molecule has 1 unspecified atom stereocenters. The molecule has 1 amide bonds. The lowest BCUT2D eigenvalue weighted by atomic mass is 10.0. The summed E-state index contributed by atoms with van der Waals surface area (Å²) in [6, 6.07) is 17.4. The number of halogens is 2. The average molecular weight is 468 g/mol. The summed E-state index contributed by atoms with van der Waals surface area (Å²) in [6.07, 6.45) is 3.62. The van der Waals surface area contributed by atoms with Crippen LogP contribution in [0.15, 0.2) is 66.9 Å². The van der Waals surface area contributed by atoms with Gasteiger partial charge in [0.2, 0.25) is 0 Å². The van der Waals surface area contributed by atoms with E-state index >= 15 is 0 Å². The molecule has 0 aliphatic carbocycles. The van der Waals surface area contributed by atoms with Crippen LogP contribution in [0.1, 0.15) is 46.0 Å². The van der Waals surface area contributed by atoms with Crippen molar-refractivity contribution in [2.45, 2.75) is 44.0 Å². The van der Waals surface area contributed by atoms with Crippen molar-refractivity contribution in [1.29, 1.82) is 0 Å². The molecule has 33 heavy (non-hydrogen) atoms. The Labute approximate surface area is 198 Å². The second kappa shape index (κ2) is 10.4. The third kappa shape index (κ3) is 5.96. The highest BCUT2D eigenvalue weighted by atomic mass is 35.5. The second-order valence-corrected chi connectivity index (χ2v) is 8.98. The van der Waals surface area contributed by atoms with Gasteiger partial charge in [0.25, 0.3) is 5.91 Å². The molecule has 1 fully saturated rings. The van der Waals surface area contributed by atoms with Gasteiger partial charge in [0.15, 0.2) is 0 Å². The van der Waals surface area contributed by atoms with Crippen molar-refractivity contribution in [3.05, 3.63) is 100 Å². The number of hydrogen-bond donors (Lipinski definition) is 2. The van der Waals surface area contributed by atoms with Crippen LogP contribution < -0.4 is 5.32 Å². The lowest BCUT2D eigenvalue weighted by Gasteiger charge is -2.21. The molecule has 0 saturated carbocycles. The number of nitrogens with zero attached hydrogens (tertiary/aromatic N) is 2. The van der Waals surface area contributed by atoms with Gasteiger partial charge in [-0.15, -0.1) is 0 Å². The number of benzene rings is 2. The first-order valence-corrected chi connectivity index (χ1v) is 11.4. The van der Waals surface area contributed by atoms with Gasteiger partial charge < -0.3 is 15.3 Å². The van der Waals surface area contributed by atoms with Crippen LogP contribution in [-0.4, -0.2) is 40.0 Å². The third-order valence-electron chi connectivity index (χ3n) is 6.11. The molecule has 0 spiro atoms. The number of aromatic nitrogens is 1. The van der Waals surface area contributed by atoms with Crippen LogP contribution >= 0.6 is 11.6 Å². The van der Waals surface area contributed by atoms with Crippen LogP contribution in [0, 0.1) is 5.82 Å².